The summed E-state index contributed by atoms with van der Waals surface area (Å²) in [6.45, 7) is 6.72. The summed E-state index contributed by atoms with van der Waals surface area (Å²) in [5.74, 6) is -1.61. The molecule has 0 saturated carbocycles. The Labute approximate surface area is 119 Å². The van der Waals surface area contributed by atoms with Gasteiger partial charge in [0.25, 0.3) is 0 Å². The highest BCUT2D eigenvalue weighted by atomic mass is 19.1. The smallest absolute Gasteiger partial charge is 0.337 e. The van der Waals surface area contributed by atoms with E-state index in [0.29, 0.717) is 12.2 Å². The van der Waals surface area contributed by atoms with Gasteiger partial charge in [-0.05, 0) is 32.4 Å². The summed E-state index contributed by atoms with van der Waals surface area (Å²) in [6.07, 6.45) is 3.09. The number of benzene rings is 1. The number of rotatable bonds is 7. The van der Waals surface area contributed by atoms with E-state index in [-0.39, 0.29) is 17.3 Å². The van der Waals surface area contributed by atoms with Crippen LogP contribution in [0.25, 0.3) is 0 Å². The van der Waals surface area contributed by atoms with Crippen LogP contribution in [0.2, 0.25) is 0 Å². The number of aromatic carboxylic acids is 1. The minimum absolute atomic E-state index is 0.0454. The zero-order chi connectivity index (χ0) is 15.3. The third kappa shape index (κ3) is 3.85. The van der Waals surface area contributed by atoms with Crippen molar-refractivity contribution in [1.29, 1.82) is 0 Å². The van der Waals surface area contributed by atoms with Crippen LogP contribution in [0.3, 0.4) is 0 Å². The van der Waals surface area contributed by atoms with Gasteiger partial charge in [-0.2, -0.15) is 0 Å². The normalized spacial score (nSPS) is 10.8. The second-order valence-electron chi connectivity index (χ2n) is 5.19. The molecule has 0 aliphatic rings. The molecule has 0 aromatic heterocycles. The Morgan fingerprint density at radius 2 is 2.05 bits per heavy atom. The first-order chi connectivity index (χ1) is 9.38. The molecule has 4 nitrogen and oxygen atoms in total. The van der Waals surface area contributed by atoms with Crippen molar-refractivity contribution in [3.8, 4) is 0 Å². The average Bonchev–Trinajstić information content (AvgIpc) is 2.35. The molecule has 1 aromatic rings. The van der Waals surface area contributed by atoms with E-state index in [2.05, 4.69) is 6.92 Å². The Morgan fingerprint density at radius 3 is 2.55 bits per heavy atom. The number of hydrogen-bond donors (Lipinski definition) is 2. The van der Waals surface area contributed by atoms with Gasteiger partial charge < -0.3 is 15.7 Å². The van der Waals surface area contributed by atoms with Crippen LogP contribution < -0.4 is 10.6 Å². The summed E-state index contributed by atoms with van der Waals surface area (Å²) >= 11 is 0. The predicted molar refractivity (Wildman–Crippen MR) is 79.8 cm³/mol. The van der Waals surface area contributed by atoms with Crippen molar-refractivity contribution < 1.29 is 14.3 Å². The molecule has 0 atom stereocenters. The van der Waals surface area contributed by atoms with E-state index in [1.54, 1.807) is 0 Å². The fraction of sp³-hybridized carbons (Fsp3) is 0.533. The van der Waals surface area contributed by atoms with E-state index in [1.807, 2.05) is 18.7 Å². The van der Waals surface area contributed by atoms with Crippen LogP contribution in [0.1, 0.15) is 50.4 Å². The molecular formula is C15H23FN2O2. The summed E-state index contributed by atoms with van der Waals surface area (Å²) in [6, 6.07) is 2.51. The second kappa shape index (κ2) is 7.12. The third-order valence-electron chi connectivity index (χ3n) is 3.28. The van der Waals surface area contributed by atoms with E-state index >= 15 is 0 Å². The van der Waals surface area contributed by atoms with E-state index in [1.165, 1.54) is 6.07 Å². The molecule has 0 saturated heterocycles. The zero-order valence-electron chi connectivity index (χ0n) is 12.3. The predicted octanol–water partition coefficient (Wildman–Crippen LogP) is 3.51. The molecule has 0 spiro atoms. The van der Waals surface area contributed by atoms with Crippen molar-refractivity contribution in [3.05, 3.63) is 23.5 Å². The Balaban J connectivity index is 3.12. The van der Waals surface area contributed by atoms with Gasteiger partial charge in [0.15, 0.2) is 0 Å². The molecule has 0 heterocycles. The van der Waals surface area contributed by atoms with Crippen molar-refractivity contribution in [2.75, 3.05) is 17.2 Å². The molecule has 1 aromatic carbocycles. The number of nitrogens with zero attached hydrogens (tertiary/aromatic N) is 1. The summed E-state index contributed by atoms with van der Waals surface area (Å²) in [4.78, 5) is 13.0. The van der Waals surface area contributed by atoms with E-state index in [4.69, 9.17) is 10.8 Å². The maximum absolute atomic E-state index is 14.1. The number of hydrogen-bond acceptors (Lipinski definition) is 3. The molecule has 0 amide bonds. The molecule has 5 heteroatoms. The van der Waals surface area contributed by atoms with Gasteiger partial charge in [-0.3, -0.25) is 0 Å². The standard InChI is InChI=1S/C15H23FN2O2/c1-4-5-6-7-18(10(2)3)14-8-11(15(19)20)13(17)9-12(14)16/h8-10H,4-7,17H2,1-3H3,(H,19,20). The summed E-state index contributed by atoms with van der Waals surface area (Å²) in [5, 5.41) is 9.09. The van der Waals surface area contributed by atoms with Crippen molar-refractivity contribution in [1.82, 2.24) is 0 Å². The highest BCUT2D eigenvalue weighted by molar-refractivity contribution is 5.95. The molecule has 0 unspecified atom stereocenters. The van der Waals surface area contributed by atoms with Gasteiger partial charge in [0.1, 0.15) is 5.82 Å². The number of halogens is 1. The zero-order valence-corrected chi connectivity index (χ0v) is 12.3. The third-order valence-corrected chi connectivity index (χ3v) is 3.28. The van der Waals surface area contributed by atoms with Gasteiger partial charge in [-0.25, -0.2) is 9.18 Å². The van der Waals surface area contributed by atoms with Crippen LogP contribution in [0.4, 0.5) is 15.8 Å². The van der Waals surface area contributed by atoms with Crippen LogP contribution >= 0.6 is 0 Å². The van der Waals surface area contributed by atoms with Gasteiger partial charge in [-0.1, -0.05) is 19.8 Å². The first kappa shape index (κ1) is 16.3. The Bertz CT molecular complexity index is 475. The summed E-state index contributed by atoms with van der Waals surface area (Å²) in [5.41, 5.74) is 5.76. The van der Waals surface area contributed by atoms with Crippen molar-refractivity contribution >= 4 is 17.3 Å². The number of anilines is 2. The lowest BCUT2D eigenvalue weighted by molar-refractivity contribution is 0.0698. The number of nitrogens with two attached hydrogens (primary N) is 1. The van der Waals surface area contributed by atoms with Crippen LogP contribution in [-0.4, -0.2) is 23.7 Å². The van der Waals surface area contributed by atoms with Crippen LogP contribution in [0, 0.1) is 5.82 Å². The fourth-order valence-corrected chi connectivity index (χ4v) is 2.17. The second-order valence-corrected chi connectivity index (χ2v) is 5.19. The van der Waals surface area contributed by atoms with Crippen molar-refractivity contribution in [3.63, 3.8) is 0 Å². The summed E-state index contributed by atoms with van der Waals surface area (Å²) in [7, 11) is 0. The van der Waals surface area contributed by atoms with Gasteiger partial charge in [-0.15, -0.1) is 0 Å². The summed E-state index contributed by atoms with van der Waals surface area (Å²) < 4.78 is 14.1. The molecule has 112 valence electrons. The highest BCUT2D eigenvalue weighted by Crippen LogP contribution is 2.27. The molecule has 3 N–H and O–H groups in total. The molecule has 0 aliphatic heterocycles. The van der Waals surface area contributed by atoms with Gasteiger partial charge in [0, 0.05) is 18.3 Å². The minimum atomic E-state index is -1.14. The van der Waals surface area contributed by atoms with E-state index in [9.17, 15) is 9.18 Å². The van der Waals surface area contributed by atoms with E-state index < -0.39 is 11.8 Å². The monoisotopic (exact) mass is 282 g/mol. The molecule has 1 rings (SSSR count). The van der Waals surface area contributed by atoms with Gasteiger partial charge in [0.05, 0.1) is 11.3 Å². The number of carboxylic acid groups (broad SMARTS) is 1. The number of carboxylic acids is 1. The Hall–Kier alpha value is -1.78. The van der Waals surface area contributed by atoms with Crippen LogP contribution in [0.15, 0.2) is 12.1 Å². The first-order valence-electron chi connectivity index (χ1n) is 6.97. The molecule has 0 radical (unpaired) electrons. The first-order valence-corrected chi connectivity index (χ1v) is 6.97. The SMILES string of the molecule is CCCCCN(c1cc(C(=O)O)c(N)cc1F)C(C)C. The molecule has 0 aliphatic carbocycles. The maximum atomic E-state index is 14.1. The van der Waals surface area contributed by atoms with Crippen molar-refractivity contribution in [2.24, 2.45) is 0 Å². The van der Waals surface area contributed by atoms with Crippen LogP contribution in [-0.2, 0) is 0 Å². The molecule has 0 bridgehead atoms. The number of unbranched alkanes of at least 4 members (excludes halogenated alkanes) is 2. The minimum Gasteiger partial charge on any atom is -0.478 e. The van der Waals surface area contributed by atoms with Crippen LogP contribution in [0.5, 0.6) is 0 Å². The lowest BCUT2D eigenvalue weighted by Crippen LogP contribution is -2.32. The molecule has 20 heavy (non-hydrogen) atoms. The topological polar surface area (TPSA) is 66.6 Å². The molecular weight excluding hydrogens is 259 g/mol. The molecule has 0 fully saturated rings. The van der Waals surface area contributed by atoms with Crippen molar-refractivity contribution in [2.45, 2.75) is 46.1 Å². The Kier molecular flexibility index (Phi) is 5.80. The van der Waals surface area contributed by atoms with Gasteiger partial charge >= 0.3 is 5.97 Å². The lowest BCUT2D eigenvalue weighted by atomic mass is 10.1. The largest absolute Gasteiger partial charge is 0.478 e. The van der Waals surface area contributed by atoms with E-state index in [0.717, 1.165) is 25.3 Å². The highest BCUT2D eigenvalue weighted by Gasteiger charge is 2.19. The van der Waals surface area contributed by atoms with Gasteiger partial charge in [0.2, 0.25) is 0 Å². The maximum Gasteiger partial charge on any atom is 0.337 e. The average molecular weight is 282 g/mol. The number of nitrogen functional groups attached to an aromatic ring is 1. The number of carbonyl (C=O) groups is 1. The lowest BCUT2D eigenvalue weighted by Gasteiger charge is -2.30. The fourth-order valence-electron chi connectivity index (χ4n) is 2.17. The quantitative estimate of drug-likeness (QED) is 0.593. The Morgan fingerprint density at radius 1 is 1.40 bits per heavy atom.